The highest BCUT2D eigenvalue weighted by Crippen LogP contribution is 2.21. The average molecular weight is 284 g/mol. The maximum atomic E-state index is 12.8. The van der Waals surface area contributed by atoms with Crippen LogP contribution in [-0.2, 0) is 0 Å². The molecule has 5 heteroatoms. The molecule has 110 valence electrons. The molecule has 0 spiro atoms. The topological polar surface area (TPSA) is 72.8 Å². The van der Waals surface area contributed by atoms with Crippen molar-refractivity contribution in [2.45, 2.75) is 27.2 Å². The van der Waals surface area contributed by atoms with Crippen LogP contribution in [-0.4, -0.2) is 33.9 Å². The highest BCUT2D eigenvalue weighted by Gasteiger charge is 2.23. The highest BCUT2D eigenvalue weighted by molar-refractivity contribution is 6.05. The molecule has 0 atom stereocenters. The second-order valence-corrected chi connectivity index (χ2v) is 6.30. The van der Waals surface area contributed by atoms with Gasteiger partial charge in [0, 0.05) is 30.9 Å². The Balaban J connectivity index is 2.31. The number of fused-ring (bicyclic) bond motifs is 1. The third-order valence-electron chi connectivity index (χ3n) is 3.13. The molecule has 0 aliphatic heterocycles. The molecule has 21 heavy (non-hydrogen) atoms. The molecule has 0 unspecified atom stereocenters. The van der Waals surface area contributed by atoms with Gasteiger partial charge in [-0.25, -0.2) is 4.98 Å². The van der Waals surface area contributed by atoms with E-state index < -0.39 is 0 Å². The molecule has 0 saturated carbocycles. The Bertz CT molecular complexity index is 675. The summed E-state index contributed by atoms with van der Waals surface area (Å²) in [6.07, 6.45) is 3.72. The van der Waals surface area contributed by atoms with Gasteiger partial charge in [0.1, 0.15) is 5.65 Å². The van der Waals surface area contributed by atoms with Crippen LogP contribution in [0.4, 0.5) is 0 Å². The van der Waals surface area contributed by atoms with Crippen LogP contribution in [0.3, 0.4) is 0 Å². The fourth-order valence-electron chi connectivity index (χ4n) is 2.31. The molecule has 2 aromatic rings. The van der Waals surface area contributed by atoms with Crippen molar-refractivity contribution < 1.29 is 4.79 Å². The lowest BCUT2D eigenvalue weighted by Gasteiger charge is -2.29. The molecule has 2 rings (SSSR count). The lowest BCUT2D eigenvalue weighted by Crippen LogP contribution is -2.38. The first-order valence-electron chi connectivity index (χ1n) is 7.01. The smallest absolute Gasteiger partial charge is 0.256 e. The molecule has 0 aliphatic rings. The molecular formula is C16H20N4O. The van der Waals surface area contributed by atoms with Crippen LogP contribution < -0.4 is 0 Å². The zero-order chi connectivity index (χ0) is 15.5. The van der Waals surface area contributed by atoms with Crippen LogP contribution >= 0.6 is 0 Å². The van der Waals surface area contributed by atoms with E-state index in [2.05, 4.69) is 36.8 Å². The van der Waals surface area contributed by atoms with Gasteiger partial charge in [-0.15, -0.1) is 0 Å². The number of aromatic nitrogens is 2. The minimum absolute atomic E-state index is 0.0184. The normalized spacial score (nSPS) is 11.3. The molecule has 0 aliphatic carbocycles. The monoisotopic (exact) mass is 284 g/mol. The quantitative estimate of drug-likeness (QED) is 0.938. The van der Waals surface area contributed by atoms with E-state index in [4.69, 9.17) is 5.26 Å². The summed E-state index contributed by atoms with van der Waals surface area (Å²) >= 11 is 0. The Morgan fingerprint density at radius 3 is 2.90 bits per heavy atom. The number of amides is 1. The Morgan fingerprint density at radius 2 is 2.24 bits per heavy atom. The first-order chi connectivity index (χ1) is 9.92. The molecule has 2 heterocycles. The van der Waals surface area contributed by atoms with Crippen molar-refractivity contribution in [1.82, 2.24) is 14.9 Å². The number of pyridine rings is 1. The summed E-state index contributed by atoms with van der Waals surface area (Å²) in [5.74, 6) is -0.0561. The van der Waals surface area contributed by atoms with Crippen LogP contribution in [0.5, 0.6) is 0 Å². The van der Waals surface area contributed by atoms with Crippen molar-refractivity contribution in [3.63, 3.8) is 0 Å². The second kappa shape index (κ2) is 5.96. The van der Waals surface area contributed by atoms with Crippen molar-refractivity contribution in [1.29, 1.82) is 5.26 Å². The summed E-state index contributed by atoms with van der Waals surface area (Å²) < 4.78 is 0. The number of nitriles is 1. The number of hydrogen-bond donors (Lipinski definition) is 1. The minimum atomic E-state index is -0.0561. The van der Waals surface area contributed by atoms with E-state index in [9.17, 15) is 4.79 Å². The van der Waals surface area contributed by atoms with Gasteiger partial charge in [-0.1, -0.05) is 20.8 Å². The molecule has 0 saturated heterocycles. The Labute approximate surface area is 124 Å². The van der Waals surface area contributed by atoms with Gasteiger partial charge in [0.15, 0.2) is 0 Å². The summed E-state index contributed by atoms with van der Waals surface area (Å²) in [5, 5.41) is 9.61. The molecule has 0 fully saturated rings. The van der Waals surface area contributed by atoms with Crippen LogP contribution in [0.2, 0.25) is 0 Å². The molecule has 1 N–H and O–H groups in total. The van der Waals surface area contributed by atoms with Crippen LogP contribution in [0, 0.1) is 16.7 Å². The number of hydrogen-bond acceptors (Lipinski definition) is 3. The van der Waals surface area contributed by atoms with Gasteiger partial charge >= 0.3 is 0 Å². The molecule has 5 nitrogen and oxygen atoms in total. The van der Waals surface area contributed by atoms with Gasteiger partial charge in [0.05, 0.1) is 18.1 Å². The van der Waals surface area contributed by atoms with Gasteiger partial charge in [-0.05, 0) is 17.5 Å². The van der Waals surface area contributed by atoms with E-state index in [-0.39, 0.29) is 11.3 Å². The maximum Gasteiger partial charge on any atom is 0.256 e. The first-order valence-corrected chi connectivity index (χ1v) is 7.01. The van der Waals surface area contributed by atoms with Crippen LogP contribution in [0.25, 0.3) is 11.0 Å². The van der Waals surface area contributed by atoms with Gasteiger partial charge in [-0.3, -0.25) is 4.79 Å². The first kappa shape index (κ1) is 15.0. The van der Waals surface area contributed by atoms with E-state index in [1.54, 1.807) is 17.3 Å². The molecular weight excluding hydrogens is 264 g/mol. The predicted molar refractivity (Wildman–Crippen MR) is 81.7 cm³/mol. The molecule has 0 aromatic carbocycles. The number of H-pyrrole nitrogens is 1. The number of carbonyl (C=O) groups is 1. The summed E-state index contributed by atoms with van der Waals surface area (Å²) in [4.78, 5) is 21.7. The van der Waals surface area contributed by atoms with Gasteiger partial charge in [0.25, 0.3) is 5.91 Å². The van der Waals surface area contributed by atoms with Crippen molar-refractivity contribution in [3.8, 4) is 6.07 Å². The van der Waals surface area contributed by atoms with Gasteiger partial charge in [-0.2, -0.15) is 5.26 Å². The number of aromatic amines is 1. The number of nitrogens with zero attached hydrogens (tertiary/aromatic N) is 3. The van der Waals surface area contributed by atoms with E-state index in [0.29, 0.717) is 30.7 Å². The number of carbonyl (C=O) groups excluding carboxylic acids is 1. The minimum Gasteiger partial charge on any atom is -0.345 e. The molecule has 0 bridgehead atoms. The second-order valence-electron chi connectivity index (χ2n) is 6.30. The molecule has 2 aromatic heterocycles. The summed E-state index contributed by atoms with van der Waals surface area (Å²) in [6, 6.07) is 5.80. The fraction of sp³-hybridized carbons (Fsp3) is 0.438. The zero-order valence-electron chi connectivity index (χ0n) is 12.7. The fourth-order valence-corrected chi connectivity index (χ4v) is 2.31. The SMILES string of the molecule is CC(C)(C)CN(CCC#N)C(=O)c1c[nH]c2ncccc12. The van der Waals surface area contributed by atoms with E-state index >= 15 is 0 Å². The number of nitrogens with one attached hydrogen (secondary N) is 1. The third kappa shape index (κ3) is 3.60. The van der Waals surface area contributed by atoms with Crippen LogP contribution in [0.15, 0.2) is 24.5 Å². The molecule has 1 amide bonds. The van der Waals surface area contributed by atoms with Crippen molar-refractivity contribution in [3.05, 3.63) is 30.1 Å². The van der Waals surface area contributed by atoms with Crippen molar-refractivity contribution >= 4 is 16.9 Å². The largest absolute Gasteiger partial charge is 0.345 e. The third-order valence-corrected chi connectivity index (χ3v) is 3.13. The average Bonchev–Trinajstić information content (AvgIpc) is 2.85. The van der Waals surface area contributed by atoms with Gasteiger partial charge < -0.3 is 9.88 Å². The lowest BCUT2D eigenvalue weighted by atomic mass is 9.95. The van der Waals surface area contributed by atoms with E-state index in [0.717, 1.165) is 5.39 Å². The van der Waals surface area contributed by atoms with Gasteiger partial charge in [0.2, 0.25) is 0 Å². The Kier molecular flexibility index (Phi) is 4.27. The van der Waals surface area contributed by atoms with E-state index in [1.165, 1.54) is 0 Å². The molecule has 0 radical (unpaired) electrons. The van der Waals surface area contributed by atoms with Crippen LogP contribution in [0.1, 0.15) is 37.6 Å². The highest BCUT2D eigenvalue weighted by atomic mass is 16.2. The lowest BCUT2D eigenvalue weighted by molar-refractivity contribution is 0.0702. The zero-order valence-corrected chi connectivity index (χ0v) is 12.7. The standard InChI is InChI=1S/C16H20N4O/c1-16(2,3)11-20(9-5-7-17)15(21)13-10-19-14-12(13)6-4-8-18-14/h4,6,8,10H,5,9,11H2,1-3H3,(H,18,19). The van der Waals surface area contributed by atoms with Crippen molar-refractivity contribution in [2.75, 3.05) is 13.1 Å². The summed E-state index contributed by atoms with van der Waals surface area (Å²) in [6.45, 7) is 7.29. The Morgan fingerprint density at radius 1 is 1.48 bits per heavy atom. The summed E-state index contributed by atoms with van der Waals surface area (Å²) in [5.41, 5.74) is 1.30. The maximum absolute atomic E-state index is 12.8. The van der Waals surface area contributed by atoms with Crippen molar-refractivity contribution in [2.24, 2.45) is 5.41 Å². The van der Waals surface area contributed by atoms with E-state index in [1.807, 2.05) is 12.1 Å². The Hall–Kier alpha value is -2.35. The summed E-state index contributed by atoms with van der Waals surface area (Å²) in [7, 11) is 0. The predicted octanol–water partition coefficient (Wildman–Crippen LogP) is 2.96. The number of rotatable bonds is 4.